The first-order valence-corrected chi connectivity index (χ1v) is 11.0. The summed E-state index contributed by atoms with van der Waals surface area (Å²) in [6.45, 7) is 5.86. The van der Waals surface area contributed by atoms with Crippen molar-refractivity contribution in [2.45, 2.75) is 19.5 Å². The van der Waals surface area contributed by atoms with Crippen molar-refractivity contribution >= 4 is 23.2 Å². The highest BCUT2D eigenvalue weighted by atomic mass is 35.5. The van der Waals surface area contributed by atoms with Gasteiger partial charge in [-0.25, -0.2) is 0 Å². The Balaban J connectivity index is 1.41. The smallest absolute Gasteiger partial charge is 0.406 e. The Kier molecular flexibility index (Phi) is 7.02. The van der Waals surface area contributed by atoms with E-state index in [0.717, 1.165) is 44.0 Å². The SMILES string of the molecule is COCCN1CCN(c2cc(Cl)c3c(c2)CN(Cc2ccc(OC(F)(F)F)cc2)C3=O)CC1. The van der Waals surface area contributed by atoms with Gasteiger partial charge in [-0.1, -0.05) is 23.7 Å². The number of piperazine rings is 1. The van der Waals surface area contributed by atoms with E-state index in [1.807, 2.05) is 12.1 Å². The first kappa shape index (κ1) is 23.7. The number of carbonyl (C=O) groups is 1. The Morgan fingerprint density at radius 2 is 1.76 bits per heavy atom. The lowest BCUT2D eigenvalue weighted by molar-refractivity contribution is -0.274. The van der Waals surface area contributed by atoms with Crippen LogP contribution in [0.2, 0.25) is 5.02 Å². The van der Waals surface area contributed by atoms with Crippen LogP contribution in [0.3, 0.4) is 0 Å². The number of benzene rings is 2. The van der Waals surface area contributed by atoms with Gasteiger partial charge in [0.05, 0.1) is 17.2 Å². The highest BCUT2D eigenvalue weighted by Crippen LogP contribution is 2.35. The van der Waals surface area contributed by atoms with Gasteiger partial charge < -0.3 is 19.3 Å². The number of nitrogens with zero attached hydrogens (tertiary/aromatic N) is 3. The third-order valence-electron chi connectivity index (χ3n) is 5.90. The van der Waals surface area contributed by atoms with Gasteiger partial charge in [-0.05, 0) is 35.4 Å². The van der Waals surface area contributed by atoms with Crippen molar-refractivity contribution in [2.75, 3.05) is 51.3 Å². The molecule has 2 aromatic rings. The van der Waals surface area contributed by atoms with Crippen molar-refractivity contribution in [1.82, 2.24) is 9.80 Å². The number of halogens is 4. The van der Waals surface area contributed by atoms with Crippen LogP contribution in [-0.2, 0) is 17.8 Å². The zero-order valence-corrected chi connectivity index (χ0v) is 19.0. The van der Waals surface area contributed by atoms with Gasteiger partial charge in [-0.15, -0.1) is 13.2 Å². The number of hydrogen-bond donors (Lipinski definition) is 0. The van der Waals surface area contributed by atoms with E-state index in [4.69, 9.17) is 16.3 Å². The largest absolute Gasteiger partial charge is 0.573 e. The summed E-state index contributed by atoms with van der Waals surface area (Å²) >= 11 is 6.51. The fourth-order valence-corrected chi connectivity index (χ4v) is 4.54. The summed E-state index contributed by atoms with van der Waals surface area (Å²) in [6, 6.07) is 9.39. The molecule has 10 heteroatoms. The van der Waals surface area contributed by atoms with E-state index in [1.165, 1.54) is 24.3 Å². The molecule has 0 atom stereocenters. The quantitative estimate of drug-likeness (QED) is 0.591. The minimum absolute atomic E-state index is 0.179. The van der Waals surface area contributed by atoms with Crippen molar-refractivity contribution in [2.24, 2.45) is 0 Å². The van der Waals surface area contributed by atoms with Crippen molar-refractivity contribution in [3.8, 4) is 5.75 Å². The van der Waals surface area contributed by atoms with Crippen LogP contribution in [0.5, 0.6) is 5.75 Å². The molecule has 1 saturated heterocycles. The van der Waals surface area contributed by atoms with Gasteiger partial charge >= 0.3 is 6.36 Å². The monoisotopic (exact) mass is 483 g/mol. The Morgan fingerprint density at radius 1 is 1.06 bits per heavy atom. The standard InChI is InChI=1S/C23H25ClF3N3O3/c1-32-11-10-28-6-8-29(9-7-28)18-12-17-15-30(22(31)21(17)20(24)13-18)14-16-2-4-19(5-3-16)33-23(25,26)27/h2-5,12-13H,6-11,14-15H2,1H3. The Hall–Kier alpha value is -2.49. The van der Waals surface area contributed by atoms with E-state index < -0.39 is 6.36 Å². The molecule has 0 N–H and O–H groups in total. The minimum Gasteiger partial charge on any atom is -0.406 e. The van der Waals surface area contributed by atoms with Gasteiger partial charge in [-0.3, -0.25) is 9.69 Å². The fourth-order valence-electron chi connectivity index (χ4n) is 4.22. The average molecular weight is 484 g/mol. The number of rotatable bonds is 7. The summed E-state index contributed by atoms with van der Waals surface area (Å²) in [5, 5.41) is 0.422. The van der Waals surface area contributed by atoms with Crippen molar-refractivity contribution < 1.29 is 27.4 Å². The molecule has 0 aromatic heterocycles. The van der Waals surface area contributed by atoms with Crippen LogP contribution in [0.4, 0.5) is 18.9 Å². The molecule has 1 fully saturated rings. The molecule has 0 aliphatic carbocycles. The lowest BCUT2D eigenvalue weighted by Gasteiger charge is -2.36. The molecule has 0 saturated carbocycles. The van der Waals surface area contributed by atoms with Crippen LogP contribution < -0.4 is 9.64 Å². The number of hydrogen-bond acceptors (Lipinski definition) is 5. The average Bonchev–Trinajstić information content (AvgIpc) is 3.08. The lowest BCUT2D eigenvalue weighted by Crippen LogP contribution is -2.47. The van der Waals surface area contributed by atoms with Crippen LogP contribution in [0.25, 0.3) is 0 Å². The summed E-state index contributed by atoms with van der Waals surface area (Å²) < 4.78 is 46.1. The predicted octanol–water partition coefficient (Wildman–Crippen LogP) is 4.16. The maximum Gasteiger partial charge on any atom is 0.573 e. The first-order valence-electron chi connectivity index (χ1n) is 10.7. The van der Waals surface area contributed by atoms with E-state index in [9.17, 15) is 18.0 Å². The van der Waals surface area contributed by atoms with Gasteiger partial charge in [0.2, 0.25) is 0 Å². The molecule has 6 nitrogen and oxygen atoms in total. The molecule has 2 heterocycles. The number of amides is 1. The topological polar surface area (TPSA) is 45.2 Å². The highest BCUT2D eigenvalue weighted by Gasteiger charge is 2.32. The number of ether oxygens (including phenoxy) is 2. The Bertz CT molecular complexity index is 993. The van der Waals surface area contributed by atoms with Crippen LogP contribution >= 0.6 is 11.6 Å². The normalized spacial score (nSPS) is 16.9. The summed E-state index contributed by atoms with van der Waals surface area (Å²) in [5.41, 5.74) is 3.06. The fraction of sp³-hybridized carbons (Fsp3) is 0.435. The maximum absolute atomic E-state index is 12.9. The predicted molar refractivity (Wildman–Crippen MR) is 119 cm³/mol. The zero-order chi connectivity index (χ0) is 23.6. The minimum atomic E-state index is -4.74. The highest BCUT2D eigenvalue weighted by molar-refractivity contribution is 6.34. The van der Waals surface area contributed by atoms with Crippen LogP contribution in [0.1, 0.15) is 21.5 Å². The molecular formula is C23H25ClF3N3O3. The molecule has 1 amide bonds. The molecule has 0 radical (unpaired) electrons. The number of methoxy groups -OCH3 is 1. The second-order valence-electron chi connectivity index (χ2n) is 8.14. The summed E-state index contributed by atoms with van der Waals surface area (Å²) in [7, 11) is 1.70. The van der Waals surface area contributed by atoms with Crippen molar-refractivity contribution in [1.29, 1.82) is 0 Å². The molecule has 178 valence electrons. The summed E-state index contributed by atoms with van der Waals surface area (Å²) in [5.74, 6) is -0.473. The zero-order valence-electron chi connectivity index (χ0n) is 18.2. The number of fused-ring (bicyclic) bond motifs is 1. The summed E-state index contributed by atoms with van der Waals surface area (Å²) in [4.78, 5) is 19.2. The second-order valence-corrected chi connectivity index (χ2v) is 8.54. The first-order chi connectivity index (χ1) is 15.7. The van der Waals surface area contributed by atoms with Crippen LogP contribution in [0.15, 0.2) is 36.4 Å². The Labute approximate surface area is 195 Å². The second kappa shape index (κ2) is 9.79. The molecule has 0 bridgehead atoms. The van der Waals surface area contributed by atoms with Gasteiger partial charge in [0.1, 0.15) is 5.75 Å². The molecule has 2 aromatic carbocycles. The molecule has 33 heavy (non-hydrogen) atoms. The number of alkyl halides is 3. The van der Waals surface area contributed by atoms with Crippen LogP contribution in [0, 0.1) is 0 Å². The van der Waals surface area contributed by atoms with Crippen LogP contribution in [-0.4, -0.2) is 68.5 Å². The molecular weight excluding hydrogens is 459 g/mol. The van der Waals surface area contributed by atoms with Gasteiger partial charge in [0.25, 0.3) is 5.91 Å². The molecule has 2 aliphatic heterocycles. The van der Waals surface area contributed by atoms with E-state index in [2.05, 4.69) is 14.5 Å². The van der Waals surface area contributed by atoms with E-state index in [1.54, 1.807) is 12.0 Å². The number of anilines is 1. The van der Waals surface area contributed by atoms with Crippen molar-refractivity contribution in [3.05, 3.63) is 58.1 Å². The molecule has 0 spiro atoms. The third kappa shape index (κ3) is 5.72. The lowest BCUT2D eigenvalue weighted by atomic mass is 10.1. The van der Waals surface area contributed by atoms with Gasteiger partial charge in [0, 0.05) is 58.6 Å². The third-order valence-corrected chi connectivity index (χ3v) is 6.20. The maximum atomic E-state index is 12.9. The van der Waals surface area contributed by atoms with E-state index >= 15 is 0 Å². The number of carbonyl (C=O) groups excluding carboxylic acids is 1. The summed E-state index contributed by atoms with van der Waals surface area (Å²) in [6.07, 6.45) is -4.74. The van der Waals surface area contributed by atoms with Crippen molar-refractivity contribution in [3.63, 3.8) is 0 Å². The van der Waals surface area contributed by atoms with Gasteiger partial charge in [0.15, 0.2) is 0 Å². The molecule has 2 aliphatic rings. The molecule has 4 rings (SSSR count). The van der Waals surface area contributed by atoms with E-state index in [0.29, 0.717) is 29.3 Å². The molecule has 0 unspecified atom stereocenters. The Morgan fingerprint density at radius 3 is 2.39 bits per heavy atom. The van der Waals surface area contributed by atoms with Gasteiger partial charge in [-0.2, -0.15) is 0 Å². The van der Waals surface area contributed by atoms with E-state index in [-0.39, 0.29) is 18.2 Å².